The lowest BCUT2D eigenvalue weighted by Crippen LogP contribution is -2.01. The standard InChI is InChI=1S/C20H18N2O2/c1-14-20(15(2)22(21-14)17-8-4-3-5-9-17)19(24)12-11-16-7-6-10-18(23)13-16/h3-13,23H,1-2H3. The van der Waals surface area contributed by atoms with Crippen molar-refractivity contribution in [2.24, 2.45) is 0 Å². The van der Waals surface area contributed by atoms with E-state index in [0.717, 1.165) is 16.9 Å². The van der Waals surface area contributed by atoms with Gasteiger partial charge in [-0.3, -0.25) is 4.79 Å². The Balaban J connectivity index is 1.92. The summed E-state index contributed by atoms with van der Waals surface area (Å²) in [5.41, 5.74) is 3.81. The lowest BCUT2D eigenvalue weighted by Gasteiger charge is -2.04. The summed E-state index contributed by atoms with van der Waals surface area (Å²) in [6.45, 7) is 3.73. The molecule has 0 saturated heterocycles. The lowest BCUT2D eigenvalue weighted by molar-refractivity contribution is 0.104. The summed E-state index contributed by atoms with van der Waals surface area (Å²) >= 11 is 0. The molecule has 1 aromatic heterocycles. The Morgan fingerprint density at radius 3 is 2.54 bits per heavy atom. The number of carbonyl (C=O) groups excluding carboxylic acids is 1. The molecule has 0 saturated carbocycles. The highest BCUT2D eigenvalue weighted by Gasteiger charge is 2.17. The first-order valence-corrected chi connectivity index (χ1v) is 7.69. The van der Waals surface area contributed by atoms with E-state index in [0.29, 0.717) is 11.3 Å². The zero-order valence-corrected chi connectivity index (χ0v) is 13.6. The molecule has 0 bridgehead atoms. The van der Waals surface area contributed by atoms with Gasteiger partial charge in [-0.25, -0.2) is 4.68 Å². The fraction of sp³-hybridized carbons (Fsp3) is 0.100. The van der Waals surface area contributed by atoms with Crippen LogP contribution < -0.4 is 0 Å². The molecular weight excluding hydrogens is 300 g/mol. The SMILES string of the molecule is Cc1nn(-c2ccccc2)c(C)c1C(=O)C=Cc1cccc(O)c1. The average Bonchev–Trinajstić information content (AvgIpc) is 2.88. The van der Waals surface area contributed by atoms with Gasteiger partial charge in [0.05, 0.1) is 22.6 Å². The number of aromatic hydroxyl groups is 1. The largest absolute Gasteiger partial charge is 0.508 e. The molecular formula is C20H18N2O2. The predicted molar refractivity (Wildman–Crippen MR) is 94.5 cm³/mol. The average molecular weight is 318 g/mol. The van der Waals surface area contributed by atoms with Crippen molar-refractivity contribution in [3.8, 4) is 11.4 Å². The van der Waals surface area contributed by atoms with Crippen LogP contribution in [0.1, 0.15) is 27.3 Å². The van der Waals surface area contributed by atoms with Crippen molar-refractivity contribution in [1.82, 2.24) is 9.78 Å². The Hall–Kier alpha value is -3.14. The van der Waals surface area contributed by atoms with Crippen LogP contribution in [0, 0.1) is 13.8 Å². The summed E-state index contributed by atoms with van der Waals surface area (Å²) in [4.78, 5) is 12.6. The van der Waals surface area contributed by atoms with E-state index in [1.54, 1.807) is 29.0 Å². The minimum absolute atomic E-state index is 0.101. The number of aryl methyl sites for hydroxylation is 1. The smallest absolute Gasteiger partial charge is 0.189 e. The van der Waals surface area contributed by atoms with E-state index in [9.17, 15) is 9.90 Å². The van der Waals surface area contributed by atoms with Gasteiger partial charge >= 0.3 is 0 Å². The van der Waals surface area contributed by atoms with Crippen LogP contribution in [0.2, 0.25) is 0 Å². The van der Waals surface area contributed by atoms with Crippen molar-refractivity contribution in [2.45, 2.75) is 13.8 Å². The second-order valence-electron chi connectivity index (χ2n) is 5.59. The number of carbonyl (C=O) groups is 1. The molecule has 3 aromatic rings. The van der Waals surface area contributed by atoms with Crippen LogP contribution in [0.5, 0.6) is 5.75 Å². The minimum atomic E-state index is -0.101. The minimum Gasteiger partial charge on any atom is -0.508 e. The number of phenolic OH excluding ortho intramolecular Hbond substituents is 1. The number of allylic oxidation sites excluding steroid dienone is 1. The van der Waals surface area contributed by atoms with Crippen molar-refractivity contribution in [3.05, 3.63) is 83.2 Å². The lowest BCUT2D eigenvalue weighted by atomic mass is 10.1. The highest BCUT2D eigenvalue weighted by atomic mass is 16.3. The maximum atomic E-state index is 12.6. The van der Waals surface area contributed by atoms with Crippen LogP contribution in [0.3, 0.4) is 0 Å². The van der Waals surface area contributed by atoms with Gasteiger partial charge in [0.1, 0.15) is 5.75 Å². The summed E-state index contributed by atoms with van der Waals surface area (Å²) in [6, 6.07) is 16.5. The second kappa shape index (κ2) is 6.54. The van der Waals surface area contributed by atoms with E-state index in [4.69, 9.17) is 0 Å². The fourth-order valence-corrected chi connectivity index (χ4v) is 2.70. The van der Waals surface area contributed by atoms with Gasteiger partial charge in [-0.2, -0.15) is 5.10 Å². The number of para-hydroxylation sites is 1. The van der Waals surface area contributed by atoms with Gasteiger partial charge in [0.25, 0.3) is 0 Å². The van der Waals surface area contributed by atoms with Crippen molar-refractivity contribution < 1.29 is 9.90 Å². The molecule has 120 valence electrons. The molecule has 0 radical (unpaired) electrons. The maximum Gasteiger partial charge on any atom is 0.189 e. The van der Waals surface area contributed by atoms with Crippen LogP contribution in [0.25, 0.3) is 11.8 Å². The zero-order valence-electron chi connectivity index (χ0n) is 13.6. The Morgan fingerprint density at radius 2 is 1.83 bits per heavy atom. The summed E-state index contributed by atoms with van der Waals surface area (Å²) in [5.74, 6) is 0.0735. The molecule has 0 amide bonds. The topological polar surface area (TPSA) is 55.1 Å². The monoisotopic (exact) mass is 318 g/mol. The number of ketones is 1. The quantitative estimate of drug-likeness (QED) is 0.582. The summed E-state index contributed by atoms with van der Waals surface area (Å²) in [7, 11) is 0. The number of rotatable bonds is 4. The third-order valence-electron chi connectivity index (χ3n) is 3.84. The molecule has 3 rings (SSSR count). The molecule has 0 spiro atoms. The predicted octanol–water partition coefficient (Wildman–Crippen LogP) is 4.09. The normalized spacial score (nSPS) is 11.1. The molecule has 0 atom stereocenters. The van der Waals surface area contributed by atoms with Gasteiger partial charge in [-0.05, 0) is 49.8 Å². The first-order valence-electron chi connectivity index (χ1n) is 7.69. The Labute approximate surface area is 140 Å². The van der Waals surface area contributed by atoms with Gasteiger partial charge in [0.2, 0.25) is 0 Å². The molecule has 0 aliphatic rings. The number of hydrogen-bond donors (Lipinski definition) is 1. The highest BCUT2D eigenvalue weighted by Crippen LogP contribution is 2.19. The summed E-state index contributed by atoms with van der Waals surface area (Å²) < 4.78 is 1.78. The molecule has 0 fully saturated rings. The molecule has 24 heavy (non-hydrogen) atoms. The van der Waals surface area contributed by atoms with Crippen LogP contribution in [0.4, 0.5) is 0 Å². The number of hydrogen-bond acceptors (Lipinski definition) is 3. The fourth-order valence-electron chi connectivity index (χ4n) is 2.70. The molecule has 0 unspecified atom stereocenters. The van der Waals surface area contributed by atoms with Gasteiger partial charge in [0.15, 0.2) is 5.78 Å². The van der Waals surface area contributed by atoms with Crippen LogP contribution in [-0.2, 0) is 0 Å². The highest BCUT2D eigenvalue weighted by molar-refractivity contribution is 6.08. The summed E-state index contributed by atoms with van der Waals surface area (Å²) in [5, 5.41) is 14.0. The van der Waals surface area contributed by atoms with Gasteiger partial charge in [-0.15, -0.1) is 0 Å². The molecule has 0 aliphatic heterocycles. The van der Waals surface area contributed by atoms with Gasteiger partial charge in [0, 0.05) is 0 Å². The van der Waals surface area contributed by atoms with Crippen molar-refractivity contribution in [3.63, 3.8) is 0 Å². The zero-order chi connectivity index (χ0) is 17.1. The van der Waals surface area contributed by atoms with E-state index in [1.807, 2.05) is 50.2 Å². The molecule has 0 aliphatic carbocycles. The Bertz CT molecular complexity index is 909. The molecule has 1 N–H and O–H groups in total. The number of aromatic nitrogens is 2. The number of phenols is 1. The number of nitrogens with zero attached hydrogens (tertiary/aromatic N) is 2. The van der Waals surface area contributed by atoms with E-state index in [1.165, 1.54) is 6.08 Å². The van der Waals surface area contributed by atoms with Crippen molar-refractivity contribution in [1.29, 1.82) is 0 Å². The van der Waals surface area contributed by atoms with E-state index >= 15 is 0 Å². The first-order chi connectivity index (χ1) is 11.6. The van der Waals surface area contributed by atoms with Crippen LogP contribution in [0.15, 0.2) is 60.7 Å². The van der Waals surface area contributed by atoms with E-state index in [-0.39, 0.29) is 11.5 Å². The van der Waals surface area contributed by atoms with Gasteiger partial charge < -0.3 is 5.11 Å². The third-order valence-corrected chi connectivity index (χ3v) is 3.84. The van der Waals surface area contributed by atoms with Crippen LogP contribution >= 0.6 is 0 Å². The third kappa shape index (κ3) is 3.13. The van der Waals surface area contributed by atoms with E-state index < -0.39 is 0 Å². The summed E-state index contributed by atoms with van der Waals surface area (Å²) in [6.07, 6.45) is 3.21. The van der Waals surface area contributed by atoms with Gasteiger partial charge in [-0.1, -0.05) is 36.4 Å². The van der Waals surface area contributed by atoms with Crippen molar-refractivity contribution >= 4 is 11.9 Å². The Morgan fingerprint density at radius 1 is 1.08 bits per heavy atom. The number of benzene rings is 2. The van der Waals surface area contributed by atoms with Crippen molar-refractivity contribution in [2.75, 3.05) is 0 Å². The molecule has 4 heteroatoms. The first kappa shape index (κ1) is 15.7. The molecule has 2 aromatic carbocycles. The molecule has 4 nitrogen and oxygen atoms in total. The molecule has 1 heterocycles. The maximum absolute atomic E-state index is 12.6. The van der Waals surface area contributed by atoms with Crippen LogP contribution in [-0.4, -0.2) is 20.7 Å². The second-order valence-corrected chi connectivity index (χ2v) is 5.59. The Kier molecular flexibility index (Phi) is 4.29. The van der Waals surface area contributed by atoms with E-state index in [2.05, 4.69) is 5.10 Å².